The Hall–Kier alpha value is -1.29. The largest absolute Gasteiger partial charge is 0.443 e. The molecule has 0 saturated carbocycles. The Balaban J connectivity index is 2.92. The molecule has 0 radical (unpaired) electrons. The number of carbonyl (C=O) groups is 1. The highest BCUT2D eigenvalue weighted by atomic mass is 35.5. The highest BCUT2D eigenvalue weighted by Crippen LogP contribution is 2.23. The van der Waals surface area contributed by atoms with E-state index in [1.54, 1.807) is 19.3 Å². The molecule has 0 unspecified atom stereocenters. The molecular formula is C12H17ClN2O2. The predicted molar refractivity (Wildman–Crippen MR) is 68.6 cm³/mol. The van der Waals surface area contributed by atoms with Crippen molar-refractivity contribution in [1.29, 1.82) is 0 Å². The Morgan fingerprint density at radius 2 is 2.06 bits per heavy atom. The number of nitrogens with zero attached hydrogens (tertiary/aromatic N) is 2. The van der Waals surface area contributed by atoms with Crippen LogP contribution in [0.5, 0.6) is 0 Å². The van der Waals surface area contributed by atoms with Crippen LogP contribution in [-0.4, -0.2) is 23.7 Å². The summed E-state index contributed by atoms with van der Waals surface area (Å²) in [6, 6.07) is 1.64. The summed E-state index contributed by atoms with van der Waals surface area (Å²) in [4.78, 5) is 17.2. The zero-order valence-corrected chi connectivity index (χ0v) is 11.5. The van der Waals surface area contributed by atoms with Crippen LogP contribution in [0.15, 0.2) is 12.3 Å². The lowest BCUT2D eigenvalue weighted by molar-refractivity contribution is 0.0589. The Bertz CT molecular complexity index is 427. The molecule has 0 aromatic carbocycles. The second-order valence-electron chi connectivity index (χ2n) is 4.83. The topological polar surface area (TPSA) is 42.4 Å². The monoisotopic (exact) mass is 256 g/mol. The molecule has 0 aliphatic heterocycles. The van der Waals surface area contributed by atoms with Crippen molar-refractivity contribution in [1.82, 2.24) is 4.98 Å². The van der Waals surface area contributed by atoms with Crippen LogP contribution >= 0.6 is 11.6 Å². The minimum Gasteiger partial charge on any atom is -0.443 e. The molecule has 0 atom stereocenters. The number of aryl methyl sites for hydroxylation is 1. The summed E-state index contributed by atoms with van der Waals surface area (Å²) in [6.45, 7) is 7.33. The molecule has 5 heteroatoms. The molecule has 1 aromatic rings. The van der Waals surface area contributed by atoms with Crippen molar-refractivity contribution in [3.05, 3.63) is 23.0 Å². The van der Waals surface area contributed by atoms with E-state index in [0.29, 0.717) is 10.8 Å². The molecule has 4 nitrogen and oxygen atoms in total. The van der Waals surface area contributed by atoms with Crippen molar-refractivity contribution in [2.75, 3.05) is 11.9 Å². The molecule has 0 spiro atoms. The lowest BCUT2D eigenvalue weighted by Crippen LogP contribution is -2.34. The summed E-state index contributed by atoms with van der Waals surface area (Å²) in [5, 5.41) is 0.348. The lowest BCUT2D eigenvalue weighted by Gasteiger charge is -2.25. The van der Waals surface area contributed by atoms with Crippen LogP contribution < -0.4 is 4.90 Å². The number of halogens is 1. The molecule has 0 fully saturated rings. The van der Waals surface area contributed by atoms with E-state index in [0.717, 1.165) is 5.56 Å². The van der Waals surface area contributed by atoms with Gasteiger partial charge in [-0.05, 0) is 39.3 Å². The van der Waals surface area contributed by atoms with Crippen molar-refractivity contribution in [3.8, 4) is 0 Å². The number of rotatable bonds is 1. The number of hydrogen-bond donors (Lipinski definition) is 0. The Morgan fingerprint density at radius 3 is 2.59 bits per heavy atom. The third-order valence-electron chi connectivity index (χ3n) is 2.07. The molecule has 17 heavy (non-hydrogen) atoms. The van der Waals surface area contributed by atoms with Gasteiger partial charge >= 0.3 is 6.09 Å². The molecule has 0 bridgehead atoms. The summed E-state index contributed by atoms with van der Waals surface area (Å²) < 4.78 is 5.27. The maximum Gasteiger partial charge on any atom is 0.414 e. The van der Waals surface area contributed by atoms with Gasteiger partial charge in [0.05, 0.1) is 5.69 Å². The fourth-order valence-corrected chi connectivity index (χ4v) is 1.43. The number of aromatic nitrogens is 1. The molecule has 1 rings (SSSR count). The third kappa shape index (κ3) is 3.89. The van der Waals surface area contributed by atoms with Crippen molar-refractivity contribution in [2.24, 2.45) is 0 Å². The molecule has 1 heterocycles. The van der Waals surface area contributed by atoms with Gasteiger partial charge in [0.15, 0.2) is 0 Å². The molecule has 0 aliphatic carbocycles. The highest BCUT2D eigenvalue weighted by Gasteiger charge is 2.21. The summed E-state index contributed by atoms with van der Waals surface area (Å²) >= 11 is 5.81. The van der Waals surface area contributed by atoms with Crippen molar-refractivity contribution < 1.29 is 9.53 Å². The van der Waals surface area contributed by atoms with Gasteiger partial charge in [0.25, 0.3) is 0 Å². The zero-order chi connectivity index (χ0) is 13.2. The molecule has 0 N–H and O–H groups in total. The summed E-state index contributed by atoms with van der Waals surface area (Å²) in [5.41, 5.74) is 1.04. The molecule has 94 valence electrons. The minimum absolute atomic E-state index is 0.348. The SMILES string of the molecule is Cc1cnc(Cl)cc1N(C)C(=O)OC(C)(C)C. The smallest absolute Gasteiger partial charge is 0.414 e. The van der Waals surface area contributed by atoms with Gasteiger partial charge in [-0.1, -0.05) is 11.6 Å². The van der Waals surface area contributed by atoms with E-state index in [-0.39, 0.29) is 0 Å². The van der Waals surface area contributed by atoms with Gasteiger partial charge in [0.2, 0.25) is 0 Å². The maximum atomic E-state index is 11.9. The van der Waals surface area contributed by atoms with Crippen LogP contribution in [0.4, 0.5) is 10.5 Å². The average molecular weight is 257 g/mol. The summed E-state index contributed by atoms with van der Waals surface area (Å²) in [6.07, 6.45) is 1.21. The second-order valence-corrected chi connectivity index (χ2v) is 5.22. The number of hydrogen-bond acceptors (Lipinski definition) is 3. The first-order valence-electron chi connectivity index (χ1n) is 5.29. The Kier molecular flexibility index (Phi) is 3.98. The highest BCUT2D eigenvalue weighted by molar-refractivity contribution is 6.29. The maximum absolute atomic E-state index is 11.9. The first kappa shape index (κ1) is 13.8. The predicted octanol–water partition coefficient (Wildman–Crippen LogP) is 3.41. The van der Waals surface area contributed by atoms with Crippen LogP contribution in [0.3, 0.4) is 0 Å². The van der Waals surface area contributed by atoms with Gasteiger partial charge in [0, 0.05) is 13.2 Å². The molecule has 0 aliphatic rings. The number of anilines is 1. The second kappa shape index (κ2) is 4.92. The molecule has 0 saturated heterocycles. The summed E-state index contributed by atoms with van der Waals surface area (Å²) in [5.74, 6) is 0. The van der Waals surface area contributed by atoms with Crippen LogP contribution in [-0.2, 0) is 4.74 Å². The zero-order valence-electron chi connectivity index (χ0n) is 10.7. The quantitative estimate of drug-likeness (QED) is 0.723. The third-order valence-corrected chi connectivity index (χ3v) is 2.28. The van der Waals surface area contributed by atoms with E-state index >= 15 is 0 Å². The molecule has 1 amide bonds. The van der Waals surface area contributed by atoms with E-state index in [1.807, 2.05) is 27.7 Å². The number of amides is 1. The van der Waals surface area contributed by atoms with E-state index in [4.69, 9.17) is 16.3 Å². The first-order valence-corrected chi connectivity index (χ1v) is 5.67. The van der Waals surface area contributed by atoms with Crippen LogP contribution in [0.2, 0.25) is 5.15 Å². The van der Waals surface area contributed by atoms with Gasteiger partial charge in [0.1, 0.15) is 10.8 Å². The van der Waals surface area contributed by atoms with E-state index in [9.17, 15) is 4.79 Å². The van der Waals surface area contributed by atoms with Crippen LogP contribution in [0.25, 0.3) is 0 Å². The standard InChI is InChI=1S/C12H17ClN2O2/c1-8-7-14-10(13)6-9(8)15(5)11(16)17-12(2,3)4/h6-7H,1-5H3. The van der Waals surface area contributed by atoms with Crippen molar-refractivity contribution in [2.45, 2.75) is 33.3 Å². The minimum atomic E-state index is -0.518. The van der Waals surface area contributed by atoms with E-state index < -0.39 is 11.7 Å². The van der Waals surface area contributed by atoms with Gasteiger partial charge in [-0.25, -0.2) is 9.78 Å². The van der Waals surface area contributed by atoms with Crippen LogP contribution in [0, 0.1) is 6.92 Å². The van der Waals surface area contributed by atoms with Gasteiger partial charge in [-0.2, -0.15) is 0 Å². The molecule has 1 aromatic heterocycles. The number of carbonyl (C=O) groups excluding carboxylic acids is 1. The average Bonchev–Trinajstić information content (AvgIpc) is 2.18. The van der Waals surface area contributed by atoms with Crippen molar-refractivity contribution in [3.63, 3.8) is 0 Å². The molecular weight excluding hydrogens is 240 g/mol. The normalized spacial score (nSPS) is 11.2. The van der Waals surface area contributed by atoms with E-state index in [1.165, 1.54) is 4.90 Å². The van der Waals surface area contributed by atoms with Gasteiger partial charge < -0.3 is 4.74 Å². The van der Waals surface area contributed by atoms with Gasteiger partial charge in [-0.15, -0.1) is 0 Å². The van der Waals surface area contributed by atoms with Crippen molar-refractivity contribution >= 4 is 23.4 Å². The summed E-state index contributed by atoms with van der Waals surface area (Å²) in [7, 11) is 1.65. The lowest BCUT2D eigenvalue weighted by atomic mass is 10.2. The fourth-order valence-electron chi connectivity index (χ4n) is 1.28. The Labute approximate surface area is 107 Å². The van der Waals surface area contributed by atoms with E-state index in [2.05, 4.69) is 4.98 Å². The Morgan fingerprint density at radius 1 is 1.47 bits per heavy atom. The fraction of sp³-hybridized carbons (Fsp3) is 0.500. The number of pyridine rings is 1. The van der Waals surface area contributed by atoms with Crippen LogP contribution in [0.1, 0.15) is 26.3 Å². The van der Waals surface area contributed by atoms with Gasteiger partial charge in [-0.3, -0.25) is 4.90 Å². The first-order chi connectivity index (χ1) is 7.70. The number of ether oxygens (including phenoxy) is 1.